The van der Waals surface area contributed by atoms with Crippen molar-refractivity contribution in [2.75, 3.05) is 5.32 Å². The molecule has 3 heteroatoms. The Morgan fingerprint density at radius 1 is 1.33 bits per heavy atom. The molecular formula is C15H19ClN2. The Kier molecular flexibility index (Phi) is 4.14. The van der Waals surface area contributed by atoms with Gasteiger partial charge in [-0.2, -0.15) is 5.26 Å². The van der Waals surface area contributed by atoms with Crippen LogP contribution in [-0.4, -0.2) is 6.04 Å². The number of halogens is 1. The van der Waals surface area contributed by atoms with E-state index in [1.165, 1.54) is 19.3 Å². The summed E-state index contributed by atoms with van der Waals surface area (Å²) in [5.74, 6) is 1.45. The van der Waals surface area contributed by atoms with E-state index in [0.717, 1.165) is 11.6 Å². The number of nitrogens with one attached hydrogen (secondary N) is 1. The average molecular weight is 263 g/mol. The van der Waals surface area contributed by atoms with Crippen LogP contribution in [0, 0.1) is 23.2 Å². The van der Waals surface area contributed by atoms with Crippen molar-refractivity contribution in [3.63, 3.8) is 0 Å². The molecule has 1 saturated carbocycles. The summed E-state index contributed by atoms with van der Waals surface area (Å²) in [5, 5.41) is 13.2. The number of anilines is 1. The second-order valence-corrected chi connectivity index (χ2v) is 5.83. The van der Waals surface area contributed by atoms with Crippen LogP contribution < -0.4 is 5.32 Å². The third-order valence-electron chi connectivity index (χ3n) is 3.90. The SMILES string of the molecule is CC1CCC(Nc2cccc(Cl)c2C#N)C(C)C1. The highest BCUT2D eigenvalue weighted by molar-refractivity contribution is 6.32. The Hall–Kier alpha value is -1.20. The minimum atomic E-state index is 0.451. The van der Waals surface area contributed by atoms with E-state index in [-0.39, 0.29) is 0 Å². The van der Waals surface area contributed by atoms with E-state index in [9.17, 15) is 0 Å². The first kappa shape index (κ1) is 13.2. The van der Waals surface area contributed by atoms with E-state index in [0.29, 0.717) is 22.5 Å². The predicted molar refractivity (Wildman–Crippen MR) is 75.8 cm³/mol. The quantitative estimate of drug-likeness (QED) is 0.855. The molecule has 1 aliphatic rings. The summed E-state index contributed by atoms with van der Waals surface area (Å²) in [7, 11) is 0. The first-order chi connectivity index (χ1) is 8.61. The van der Waals surface area contributed by atoms with Crippen LogP contribution in [0.15, 0.2) is 18.2 Å². The van der Waals surface area contributed by atoms with Crippen molar-refractivity contribution in [2.45, 2.75) is 39.2 Å². The molecule has 0 saturated heterocycles. The van der Waals surface area contributed by atoms with Gasteiger partial charge in [0.15, 0.2) is 0 Å². The highest BCUT2D eigenvalue weighted by Gasteiger charge is 2.25. The molecule has 18 heavy (non-hydrogen) atoms. The Balaban J connectivity index is 2.15. The fourth-order valence-electron chi connectivity index (χ4n) is 2.84. The fraction of sp³-hybridized carbons (Fsp3) is 0.533. The van der Waals surface area contributed by atoms with E-state index in [1.54, 1.807) is 6.07 Å². The molecule has 0 amide bonds. The van der Waals surface area contributed by atoms with Gasteiger partial charge in [0.05, 0.1) is 16.3 Å². The van der Waals surface area contributed by atoms with Crippen LogP contribution in [0.5, 0.6) is 0 Å². The fourth-order valence-corrected chi connectivity index (χ4v) is 3.05. The molecule has 1 aliphatic carbocycles. The lowest BCUT2D eigenvalue weighted by atomic mass is 9.80. The molecule has 2 rings (SSSR count). The number of nitriles is 1. The Bertz CT molecular complexity index is 464. The predicted octanol–water partition coefficient (Wildman–Crippen LogP) is 4.45. The van der Waals surface area contributed by atoms with Crippen LogP contribution in [0.25, 0.3) is 0 Å². The van der Waals surface area contributed by atoms with Crippen LogP contribution in [0.1, 0.15) is 38.7 Å². The van der Waals surface area contributed by atoms with Crippen LogP contribution >= 0.6 is 11.6 Å². The molecule has 0 spiro atoms. The number of rotatable bonds is 2. The van der Waals surface area contributed by atoms with Gasteiger partial charge >= 0.3 is 0 Å². The van der Waals surface area contributed by atoms with Crippen molar-refractivity contribution in [3.8, 4) is 6.07 Å². The van der Waals surface area contributed by atoms with Crippen molar-refractivity contribution < 1.29 is 0 Å². The summed E-state index contributed by atoms with van der Waals surface area (Å²) in [6.07, 6.45) is 3.67. The zero-order valence-electron chi connectivity index (χ0n) is 10.9. The minimum Gasteiger partial charge on any atom is -0.381 e. The Morgan fingerprint density at radius 3 is 2.78 bits per heavy atom. The molecule has 3 unspecified atom stereocenters. The van der Waals surface area contributed by atoms with Gasteiger partial charge in [0, 0.05) is 6.04 Å². The summed E-state index contributed by atoms with van der Waals surface area (Å²) in [6.45, 7) is 4.59. The molecule has 1 aromatic carbocycles. The molecule has 1 N–H and O–H groups in total. The van der Waals surface area contributed by atoms with E-state index < -0.39 is 0 Å². The van der Waals surface area contributed by atoms with Gasteiger partial charge in [-0.1, -0.05) is 31.5 Å². The monoisotopic (exact) mass is 262 g/mol. The number of benzene rings is 1. The molecular weight excluding hydrogens is 244 g/mol. The van der Waals surface area contributed by atoms with Crippen LogP contribution in [0.3, 0.4) is 0 Å². The van der Waals surface area contributed by atoms with E-state index in [2.05, 4.69) is 25.2 Å². The van der Waals surface area contributed by atoms with Gasteiger partial charge in [-0.15, -0.1) is 0 Å². The molecule has 96 valence electrons. The van der Waals surface area contributed by atoms with Crippen LogP contribution in [0.4, 0.5) is 5.69 Å². The molecule has 0 aliphatic heterocycles. The van der Waals surface area contributed by atoms with Crippen LogP contribution in [-0.2, 0) is 0 Å². The molecule has 0 heterocycles. The first-order valence-electron chi connectivity index (χ1n) is 6.57. The minimum absolute atomic E-state index is 0.451. The Morgan fingerprint density at radius 2 is 2.11 bits per heavy atom. The van der Waals surface area contributed by atoms with Crippen molar-refractivity contribution in [3.05, 3.63) is 28.8 Å². The second-order valence-electron chi connectivity index (χ2n) is 5.42. The summed E-state index contributed by atoms with van der Waals surface area (Å²) in [5.41, 5.74) is 1.43. The lowest BCUT2D eigenvalue weighted by molar-refractivity contribution is 0.276. The van der Waals surface area contributed by atoms with Gasteiger partial charge in [-0.05, 0) is 43.2 Å². The Labute approximate surface area is 114 Å². The second kappa shape index (κ2) is 5.63. The molecule has 0 radical (unpaired) electrons. The van der Waals surface area contributed by atoms with E-state index in [1.807, 2.05) is 12.1 Å². The van der Waals surface area contributed by atoms with E-state index in [4.69, 9.17) is 16.9 Å². The standard InChI is InChI=1S/C15H19ClN2/c1-10-6-7-14(11(2)8-10)18-15-5-3-4-13(16)12(15)9-17/h3-5,10-11,14,18H,6-8H2,1-2H3. The number of nitrogens with zero attached hydrogens (tertiary/aromatic N) is 1. The van der Waals surface area contributed by atoms with Gasteiger partial charge in [0.2, 0.25) is 0 Å². The normalized spacial score (nSPS) is 27.6. The smallest absolute Gasteiger partial charge is 0.103 e. The topological polar surface area (TPSA) is 35.8 Å². The van der Waals surface area contributed by atoms with Crippen molar-refractivity contribution in [1.29, 1.82) is 5.26 Å². The summed E-state index contributed by atoms with van der Waals surface area (Å²) in [6, 6.07) is 8.23. The molecule has 0 aromatic heterocycles. The van der Waals surface area contributed by atoms with Gasteiger partial charge in [0.25, 0.3) is 0 Å². The zero-order valence-corrected chi connectivity index (χ0v) is 11.7. The maximum atomic E-state index is 9.16. The lowest BCUT2D eigenvalue weighted by Crippen LogP contribution is -2.33. The largest absolute Gasteiger partial charge is 0.381 e. The van der Waals surface area contributed by atoms with Crippen molar-refractivity contribution >= 4 is 17.3 Å². The highest BCUT2D eigenvalue weighted by atomic mass is 35.5. The summed E-state index contributed by atoms with van der Waals surface area (Å²) >= 11 is 6.04. The molecule has 1 aromatic rings. The first-order valence-corrected chi connectivity index (χ1v) is 6.94. The molecule has 0 bridgehead atoms. The maximum absolute atomic E-state index is 9.16. The molecule has 1 fully saturated rings. The third-order valence-corrected chi connectivity index (χ3v) is 4.21. The van der Waals surface area contributed by atoms with Crippen molar-refractivity contribution in [2.24, 2.45) is 11.8 Å². The number of hydrogen-bond donors (Lipinski definition) is 1. The average Bonchev–Trinajstić information content (AvgIpc) is 2.33. The van der Waals surface area contributed by atoms with Gasteiger partial charge in [-0.25, -0.2) is 0 Å². The zero-order chi connectivity index (χ0) is 13.1. The maximum Gasteiger partial charge on any atom is 0.103 e. The lowest BCUT2D eigenvalue weighted by Gasteiger charge is -2.34. The molecule has 2 nitrogen and oxygen atoms in total. The molecule has 3 atom stereocenters. The third kappa shape index (κ3) is 2.79. The highest BCUT2D eigenvalue weighted by Crippen LogP contribution is 2.32. The summed E-state index contributed by atoms with van der Waals surface area (Å²) < 4.78 is 0. The van der Waals surface area contributed by atoms with Gasteiger partial charge in [-0.3, -0.25) is 0 Å². The number of hydrogen-bond acceptors (Lipinski definition) is 2. The van der Waals surface area contributed by atoms with Gasteiger partial charge < -0.3 is 5.32 Å². The van der Waals surface area contributed by atoms with Crippen LogP contribution in [0.2, 0.25) is 5.02 Å². The summed E-state index contributed by atoms with van der Waals surface area (Å²) in [4.78, 5) is 0. The van der Waals surface area contributed by atoms with E-state index >= 15 is 0 Å². The van der Waals surface area contributed by atoms with Gasteiger partial charge in [0.1, 0.15) is 6.07 Å². The van der Waals surface area contributed by atoms with Crippen molar-refractivity contribution in [1.82, 2.24) is 0 Å².